The number of halogens is 3. The second kappa shape index (κ2) is 7.66. The summed E-state index contributed by atoms with van der Waals surface area (Å²) in [4.78, 5) is 18.6. The van der Waals surface area contributed by atoms with Gasteiger partial charge in [-0.3, -0.25) is 9.89 Å². The Morgan fingerprint density at radius 1 is 1.28 bits per heavy atom. The van der Waals surface area contributed by atoms with Crippen LogP contribution in [0.3, 0.4) is 0 Å². The lowest BCUT2D eigenvalue weighted by atomic mass is 9.77. The van der Waals surface area contributed by atoms with Crippen molar-refractivity contribution in [3.05, 3.63) is 41.9 Å². The van der Waals surface area contributed by atoms with E-state index in [9.17, 15) is 18.0 Å². The third-order valence-electron chi connectivity index (χ3n) is 5.81. The quantitative estimate of drug-likeness (QED) is 0.812. The number of amides is 1. The number of rotatable bonds is 4. The van der Waals surface area contributed by atoms with Crippen LogP contribution in [0.4, 0.5) is 19.0 Å². The zero-order chi connectivity index (χ0) is 20.6. The molecular weight excluding hydrogens is 387 g/mol. The topological polar surface area (TPSA) is 83.1 Å². The smallest absolute Gasteiger partial charge is 0.379 e. The summed E-state index contributed by atoms with van der Waals surface area (Å²) >= 11 is 0. The molecule has 0 bridgehead atoms. The minimum atomic E-state index is -4.55. The molecule has 3 heterocycles. The predicted octanol–water partition coefficient (Wildman–Crippen LogP) is 2.80. The molecule has 1 saturated heterocycles. The van der Waals surface area contributed by atoms with Gasteiger partial charge >= 0.3 is 6.18 Å². The Morgan fingerprint density at radius 2 is 2.03 bits per heavy atom. The molecular formula is C19H22F3N5O2. The highest BCUT2D eigenvalue weighted by molar-refractivity contribution is 5.92. The van der Waals surface area contributed by atoms with Crippen LogP contribution in [0.2, 0.25) is 0 Å². The highest BCUT2D eigenvalue weighted by Gasteiger charge is 2.44. The molecule has 4 atom stereocenters. The Kier molecular flexibility index (Phi) is 5.20. The summed E-state index contributed by atoms with van der Waals surface area (Å²) in [5.41, 5.74) is -1.22. The Morgan fingerprint density at radius 3 is 2.66 bits per heavy atom. The van der Waals surface area contributed by atoms with E-state index >= 15 is 0 Å². The standard InChI is InChI=1S/C19H22F3N5O2/c1-29-15-7-12-10-27(18(28)14-8-16(26-25-14)19(20,21)22)9-11(12)6-13(15)24-17-4-2-3-5-23-17/h2-5,8,11-13,15H,6-7,9-10H2,1H3,(H,23,24)(H,25,26)/t11-,12+,13-,15-/m1/s1. The van der Waals surface area contributed by atoms with Gasteiger partial charge in [0, 0.05) is 32.5 Å². The molecule has 4 rings (SSSR count). The first-order valence-corrected chi connectivity index (χ1v) is 9.47. The SMILES string of the molecule is CO[C@@H]1C[C@H]2CN(C(=O)c3cc(C(F)(F)F)[nH]n3)C[C@H]2C[C@H]1Nc1ccccn1. The molecule has 2 aromatic rings. The maximum absolute atomic E-state index is 12.8. The van der Waals surface area contributed by atoms with Gasteiger partial charge in [0.2, 0.25) is 0 Å². The minimum absolute atomic E-state index is 0.0319. The molecule has 156 valence electrons. The third kappa shape index (κ3) is 4.07. The zero-order valence-corrected chi connectivity index (χ0v) is 15.8. The highest BCUT2D eigenvalue weighted by atomic mass is 19.4. The molecule has 2 fully saturated rings. The fourth-order valence-corrected chi connectivity index (χ4v) is 4.37. The monoisotopic (exact) mass is 409 g/mol. The number of alkyl halides is 3. The van der Waals surface area contributed by atoms with Crippen LogP contribution in [0.5, 0.6) is 0 Å². The van der Waals surface area contributed by atoms with Crippen LogP contribution in [0.15, 0.2) is 30.5 Å². The summed E-state index contributed by atoms with van der Waals surface area (Å²) in [6, 6.07) is 6.45. The molecule has 0 radical (unpaired) electrons. The van der Waals surface area contributed by atoms with Crippen molar-refractivity contribution in [1.82, 2.24) is 20.1 Å². The van der Waals surface area contributed by atoms with E-state index in [-0.39, 0.29) is 29.7 Å². The summed E-state index contributed by atoms with van der Waals surface area (Å²) < 4.78 is 44.0. The molecule has 1 amide bonds. The van der Waals surface area contributed by atoms with Crippen molar-refractivity contribution in [1.29, 1.82) is 0 Å². The second-order valence-corrected chi connectivity index (χ2v) is 7.61. The lowest BCUT2D eigenvalue weighted by Crippen LogP contribution is -2.44. The lowest BCUT2D eigenvalue weighted by Gasteiger charge is -2.37. The number of fused-ring (bicyclic) bond motifs is 1. The number of H-pyrrole nitrogens is 1. The largest absolute Gasteiger partial charge is 0.432 e. The van der Waals surface area contributed by atoms with Crippen LogP contribution in [0, 0.1) is 11.8 Å². The van der Waals surface area contributed by atoms with Gasteiger partial charge in [-0.2, -0.15) is 18.3 Å². The van der Waals surface area contributed by atoms with Crippen LogP contribution in [-0.4, -0.2) is 58.3 Å². The first-order chi connectivity index (χ1) is 13.8. The van der Waals surface area contributed by atoms with Gasteiger partial charge in [0.05, 0.1) is 12.1 Å². The fourth-order valence-electron chi connectivity index (χ4n) is 4.37. The molecule has 10 heteroatoms. The average molecular weight is 409 g/mol. The molecule has 0 aromatic carbocycles. The molecule has 29 heavy (non-hydrogen) atoms. The van der Waals surface area contributed by atoms with E-state index in [1.54, 1.807) is 18.2 Å². The van der Waals surface area contributed by atoms with Gasteiger partial charge in [0.1, 0.15) is 11.5 Å². The second-order valence-electron chi connectivity index (χ2n) is 7.61. The highest BCUT2D eigenvalue weighted by Crippen LogP contribution is 2.39. The van der Waals surface area contributed by atoms with Crippen LogP contribution in [-0.2, 0) is 10.9 Å². The summed E-state index contributed by atoms with van der Waals surface area (Å²) in [5.74, 6) is 0.772. The van der Waals surface area contributed by atoms with Crippen molar-refractivity contribution in [2.75, 3.05) is 25.5 Å². The van der Waals surface area contributed by atoms with Crippen molar-refractivity contribution < 1.29 is 22.7 Å². The van der Waals surface area contributed by atoms with Gasteiger partial charge in [-0.15, -0.1) is 0 Å². The van der Waals surface area contributed by atoms with Crippen molar-refractivity contribution >= 4 is 11.7 Å². The average Bonchev–Trinajstić information content (AvgIpc) is 3.34. The zero-order valence-electron chi connectivity index (χ0n) is 15.8. The molecule has 1 saturated carbocycles. The van der Waals surface area contributed by atoms with Crippen LogP contribution in [0.1, 0.15) is 29.0 Å². The number of hydrogen-bond acceptors (Lipinski definition) is 5. The number of aromatic nitrogens is 3. The van der Waals surface area contributed by atoms with Crippen molar-refractivity contribution in [2.24, 2.45) is 11.8 Å². The first kappa shape index (κ1) is 19.7. The number of pyridine rings is 1. The number of nitrogens with one attached hydrogen (secondary N) is 2. The summed E-state index contributed by atoms with van der Waals surface area (Å²) in [6.07, 6.45) is -1.32. The summed E-state index contributed by atoms with van der Waals surface area (Å²) in [5, 5.41) is 8.88. The first-order valence-electron chi connectivity index (χ1n) is 9.47. The van der Waals surface area contributed by atoms with Gasteiger partial charge in [-0.25, -0.2) is 4.98 Å². The van der Waals surface area contributed by atoms with E-state index in [4.69, 9.17) is 4.74 Å². The number of ether oxygens (including phenoxy) is 1. The van der Waals surface area contributed by atoms with Crippen molar-refractivity contribution in [3.63, 3.8) is 0 Å². The van der Waals surface area contributed by atoms with Crippen molar-refractivity contribution in [2.45, 2.75) is 31.2 Å². The summed E-state index contributed by atoms with van der Waals surface area (Å²) in [7, 11) is 1.67. The van der Waals surface area contributed by atoms with Gasteiger partial charge in [-0.1, -0.05) is 6.07 Å². The number of likely N-dealkylation sites (tertiary alicyclic amines) is 1. The Labute approximate surface area is 165 Å². The number of hydrogen-bond donors (Lipinski definition) is 2. The summed E-state index contributed by atoms with van der Waals surface area (Å²) in [6.45, 7) is 0.989. The normalized spacial score (nSPS) is 27.0. The van der Waals surface area contributed by atoms with Gasteiger partial charge in [0.25, 0.3) is 5.91 Å². The molecule has 0 spiro atoms. The van der Waals surface area contributed by atoms with Crippen molar-refractivity contribution in [3.8, 4) is 0 Å². The lowest BCUT2D eigenvalue weighted by molar-refractivity contribution is -0.141. The number of methoxy groups -OCH3 is 1. The van der Waals surface area contributed by atoms with Gasteiger partial charge in [-0.05, 0) is 36.8 Å². The Balaban J connectivity index is 1.44. The molecule has 0 unspecified atom stereocenters. The van der Waals surface area contributed by atoms with Gasteiger partial charge in [0.15, 0.2) is 5.69 Å². The maximum Gasteiger partial charge on any atom is 0.432 e. The number of nitrogens with zero attached hydrogens (tertiary/aromatic N) is 3. The molecule has 2 aromatic heterocycles. The molecule has 7 nitrogen and oxygen atoms in total. The van der Waals surface area contributed by atoms with Crippen LogP contribution in [0.25, 0.3) is 0 Å². The van der Waals surface area contributed by atoms with E-state index in [1.807, 2.05) is 23.3 Å². The van der Waals surface area contributed by atoms with E-state index in [1.165, 1.54) is 0 Å². The van der Waals surface area contributed by atoms with Crippen LogP contribution >= 0.6 is 0 Å². The fraction of sp³-hybridized carbons (Fsp3) is 0.526. The number of carbonyl (C=O) groups excluding carboxylic acids is 1. The number of aromatic amines is 1. The van der Waals surface area contributed by atoms with E-state index < -0.39 is 17.8 Å². The maximum atomic E-state index is 12.8. The van der Waals surface area contributed by atoms with E-state index in [0.717, 1.165) is 24.7 Å². The third-order valence-corrected chi connectivity index (χ3v) is 5.81. The molecule has 1 aliphatic carbocycles. The van der Waals surface area contributed by atoms with Gasteiger partial charge < -0.3 is 15.0 Å². The predicted molar refractivity (Wildman–Crippen MR) is 98.2 cm³/mol. The number of carbonyl (C=O) groups is 1. The van der Waals surface area contributed by atoms with Crippen LogP contribution < -0.4 is 5.32 Å². The van der Waals surface area contributed by atoms with E-state index in [0.29, 0.717) is 13.1 Å². The molecule has 2 aliphatic rings. The Hall–Kier alpha value is -2.62. The molecule has 1 aliphatic heterocycles. The number of anilines is 1. The Bertz CT molecular complexity index is 857. The van der Waals surface area contributed by atoms with E-state index in [2.05, 4.69) is 15.4 Å². The minimum Gasteiger partial charge on any atom is -0.379 e. The molecule has 2 N–H and O–H groups in total.